The molecule has 0 unspecified atom stereocenters. The highest BCUT2D eigenvalue weighted by Crippen LogP contribution is 2.27. The summed E-state index contributed by atoms with van der Waals surface area (Å²) in [5.41, 5.74) is 1.91. The third kappa shape index (κ3) is 7.36. The average Bonchev–Trinajstić information content (AvgIpc) is 3.44. The molecule has 40 heavy (non-hydrogen) atoms. The summed E-state index contributed by atoms with van der Waals surface area (Å²) in [5.74, 6) is -0.801. The van der Waals surface area contributed by atoms with Gasteiger partial charge in [0.05, 0.1) is 10.6 Å². The van der Waals surface area contributed by atoms with Gasteiger partial charge in [0.2, 0.25) is 11.8 Å². The zero-order valence-corrected chi connectivity index (χ0v) is 24.8. The minimum atomic E-state index is -4.15. The predicted octanol–water partition coefficient (Wildman–Crippen LogP) is 5.97. The summed E-state index contributed by atoms with van der Waals surface area (Å²) in [6.07, 6.45) is 3.91. The van der Waals surface area contributed by atoms with Crippen LogP contribution in [-0.2, 0) is 26.2 Å². The van der Waals surface area contributed by atoms with E-state index in [1.807, 2.05) is 6.92 Å². The number of benzene rings is 3. The molecule has 0 spiro atoms. The molecule has 0 bridgehead atoms. The number of aryl methyl sites for hydroxylation is 1. The highest BCUT2D eigenvalue weighted by molar-refractivity contribution is 7.92. The molecule has 1 aliphatic carbocycles. The highest BCUT2D eigenvalue weighted by atomic mass is 35.5. The van der Waals surface area contributed by atoms with Gasteiger partial charge in [0.1, 0.15) is 12.6 Å². The monoisotopic (exact) mass is 601 g/mol. The fourth-order valence-corrected chi connectivity index (χ4v) is 6.48. The number of hydrogen-bond donors (Lipinski definition) is 1. The van der Waals surface area contributed by atoms with E-state index in [4.69, 9.17) is 23.2 Å². The Morgan fingerprint density at radius 2 is 1.60 bits per heavy atom. The predicted molar refractivity (Wildman–Crippen MR) is 159 cm³/mol. The molecule has 0 saturated heterocycles. The molecule has 0 heterocycles. The van der Waals surface area contributed by atoms with E-state index < -0.39 is 28.5 Å². The van der Waals surface area contributed by atoms with Crippen LogP contribution in [0.3, 0.4) is 0 Å². The number of anilines is 1. The molecule has 0 aromatic heterocycles. The molecule has 3 aromatic rings. The molecule has 212 valence electrons. The molecule has 4 rings (SSSR count). The Labute approximate surface area is 246 Å². The minimum absolute atomic E-state index is 0.0437. The molecule has 2 amide bonds. The molecule has 10 heteroatoms. The molecule has 1 fully saturated rings. The van der Waals surface area contributed by atoms with Crippen LogP contribution in [0.1, 0.15) is 43.7 Å². The SMILES string of the molecule is Cc1ccc(S(=O)(=O)N(CC(=O)N(Cc2ccc(Cl)cc2)[C@H](C)C(=O)NC2CCCC2)c2cccc(Cl)c2)cc1. The van der Waals surface area contributed by atoms with Crippen molar-refractivity contribution in [2.75, 3.05) is 10.8 Å². The Balaban J connectivity index is 1.68. The fraction of sp³-hybridized carbons (Fsp3) is 0.333. The lowest BCUT2D eigenvalue weighted by Crippen LogP contribution is -2.52. The summed E-state index contributed by atoms with van der Waals surface area (Å²) in [7, 11) is -4.15. The van der Waals surface area contributed by atoms with Crippen molar-refractivity contribution in [3.8, 4) is 0 Å². The molecule has 3 aromatic carbocycles. The smallest absolute Gasteiger partial charge is 0.264 e. The van der Waals surface area contributed by atoms with Gasteiger partial charge in [-0.3, -0.25) is 13.9 Å². The molecule has 1 N–H and O–H groups in total. The van der Waals surface area contributed by atoms with Gasteiger partial charge < -0.3 is 10.2 Å². The number of carbonyl (C=O) groups excluding carboxylic acids is 2. The van der Waals surface area contributed by atoms with E-state index in [0.29, 0.717) is 10.0 Å². The summed E-state index contributed by atoms with van der Waals surface area (Å²) in [4.78, 5) is 28.7. The van der Waals surface area contributed by atoms with Gasteiger partial charge in [-0.1, -0.05) is 71.9 Å². The molecule has 1 atom stereocenters. The van der Waals surface area contributed by atoms with Crippen molar-refractivity contribution in [3.63, 3.8) is 0 Å². The first-order valence-corrected chi connectivity index (χ1v) is 15.4. The quantitative estimate of drug-likeness (QED) is 0.310. The molecule has 0 radical (unpaired) electrons. The van der Waals surface area contributed by atoms with Crippen molar-refractivity contribution in [1.29, 1.82) is 0 Å². The molecule has 1 saturated carbocycles. The van der Waals surface area contributed by atoms with Crippen molar-refractivity contribution in [2.45, 2.75) is 63.1 Å². The van der Waals surface area contributed by atoms with Crippen LogP contribution in [0.2, 0.25) is 10.0 Å². The molecular weight excluding hydrogens is 569 g/mol. The average molecular weight is 603 g/mol. The first kappa shape index (κ1) is 29.9. The maximum atomic E-state index is 14.0. The van der Waals surface area contributed by atoms with Gasteiger partial charge >= 0.3 is 0 Å². The summed E-state index contributed by atoms with van der Waals surface area (Å²) in [5, 5.41) is 3.94. The van der Waals surface area contributed by atoms with Crippen molar-refractivity contribution in [3.05, 3.63) is 94.0 Å². The summed E-state index contributed by atoms with van der Waals surface area (Å²) >= 11 is 12.3. The van der Waals surface area contributed by atoms with Crippen molar-refractivity contribution in [1.82, 2.24) is 10.2 Å². The van der Waals surface area contributed by atoms with Crippen LogP contribution in [0.25, 0.3) is 0 Å². The lowest BCUT2D eigenvalue weighted by atomic mass is 10.1. The van der Waals surface area contributed by atoms with E-state index in [0.717, 1.165) is 41.1 Å². The van der Waals surface area contributed by atoms with Crippen molar-refractivity contribution >= 4 is 50.7 Å². The van der Waals surface area contributed by atoms with E-state index in [9.17, 15) is 18.0 Å². The second-order valence-electron chi connectivity index (χ2n) is 10.1. The van der Waals surface area contributed by atoms with Gasteiger partial charge in [-0.2, -0.15) is 0 Å². The van der Waals surface area contributed by atoms with Crippen molar-refractivity contribution in [2.24, 2.45) is 0 Å². The Bertz CT molecular complexity index is 1440. The van der Waals surface area contributed by atoms with Gasteiger partial charge in [-0.05, 0) is 74.7 Å². The lowest BCUT2D eigenvalue weighted by Gasteiger charge is -2.32. The first-order valence-electron chi connectivity index (χ1n) is 13.2. The number of rotatable bonds is 10. The number of halogens is 2. The van der Waals surface area contributed by atoms with Gasteiger partial charge in [-0.25, -0.2) is 8.42 Å². The standard InChI is InChI=1S/C30H33Cl2N3O4S/c1-21-10-16-28(17-11-21)40(38,39)35(27-9-5-6-25(32)18-27)20-29(36)34(19-23-12-14-24(31)15-13-23)22(2)30(37)33-26-7-3-4-8-26/h5-6,9-18,22,26H,3-4,7-8,19-20H2,1-2H3,(H,33,37)/t22-/m1/s1. The van der Waals surface area contributed by atoms with E-state index in [2.05, 4.69) is 5.32 Å². The third-order valence-electron chi connectivity index (χ3n) is 7.12. The van der Waals surface area contributed by atoms with Crippen LogP contribution in [0, 0.1) is 6.92 Å². The Kier molecular flexibility index (Phi) is 9.77. The third-order valence-corrected chi connectivity index (χ3v) is 9.39. The van der Waals surface area contributed by atoms with Crippen molar-refractivity contribution < 1.29 is 18.0 Å². The Hall–Kier alpha value is -3.07. The maximum Gasteiger partial charge on any atom is 0.264 e. The summed E-state index contributed by atoms with van der Waals surface area (Å²) < 4.78 is 28.8. The first-order chi connectivity index (χ1) is 19.0. The van der Waals surface area contributed by atoms with E-state index in [1.54, 1.807) is 61.5 Å². The van der Waals surface area contributed by atoms with Crippen LogP contribution in [-0.4, -0.2) is 43.8 Å². The van der Waals surface area contributed by atoms with Crippen LogP contribution >= 0.6 is 23.2 Å². The molecular formula is C30H33Cl2N3O4S. The van der Waals surface area contributed by atoms with Crippen LogP contribution < -0.4 is 9.62 Å². The topological polar surface area (TPSA) is 86.8 Å². The Morgan fingerprint density at radius 1 is 0.950 bits per heavy atom. The van der Waals surface area contributed by atoms with Crippen LogP contribution in [0.4, 0.5) is 5.69 Å². The number of hydrogen-bond acceptors (Lipinski definition) is 4. The number of sulfonamides is 1. The number of nitrogens with zero attached hydrogens (tertiary/aromatic N) is 2. The van der Waals surface area contributed by atoms with E-state index in [1.165, 1.54) is 23.1 Å². The van der Waals surface area contributed by atoms with Gasteiger partial charge in [-0.15, -0.1) is 0 Å². The normalized spacial score (nSPS) is 14.5. The minimum Gasteiger partial charge on any atom is -0.352 e. The zero-order valence-electron chi connectivity index (χ0n) is 22.5. The second kappa shape index (κ2) is 13.1. The number of carbonyl (C=O) groups is 2. The molecule has 7 nitrogen and oxygen atoms in total. The molecule has 1 aliphatic rings. The summed E-state index contributed by atoms with van der Waals surface area (Å²) in [6.45, 7) is 3.10. The van der Waals surface area contributed by atoms with Gasteiger partial charge in [0.15, 0.2) is 0 Å². The highest BCUT2D eigenvalue weighted by Gasteiger charge is 2.33. The van der Waals surface area contributed by atoms with E-state index >= 15 is 0 Å². The zero-order chi connectivity index (χ0) is 28.9. The second-order valence-corrected chi connectivity index (χ2v) is 12.9. The van der Waals surface area contributed by atoms with Gasteiger partial charge in [0, 0.05) is 22.6 Å². The Morgan fingerprint density at radius 3 is 2.23 bits per heavy atom. The van der Waals surface area contributed by atoms with E-state index in [-0.39, 0.29) is 29.1 Å². The largest absolute Gasteiger partial charge is 0.352 e. The molecule has 0 aliphatic heterocycles. The van der Waals surface area contributed by atoms with Crippen LogP contribution in [0.5, 0.6) is 0 Å². The maximum absolute atomic E-state index is 14.0. The number of nitrogens with one attached hydrogen (secondary N) is 1. The lowest BCUT2D eigenvalue weighted by molar-refractivity contribution is -0.139. The van der Waals surface area contributed by atoms with Crippen LogP contribution in [0.15, 0.2) is 77.7 Å². The fourth-order valence-electron chi connectivity index (χ4n) is 4.76. The number of amides is 2. The summed E-state index contributed by atoms with van der Waals surface area (Å²) in [6, 6.07) is 19.0. The van der Waals surface area contributed by atoms with Gasteiger partial charge in [0.25, 0.3) is 10.0 Å².